The van der Waals surface area contributed by atoms with E-state index in [0.717, 1.165) is 0 Å². The molecule has 0 aromatic heterocycles. The number of benzene rings is 1. The van der Waals surface area contributed by atoms with Crippen molar-refractivity contribution in [3.8, 4) is 0 Å². The largest absolute Gasteiger partial charge is 1.00 e. The van der Waals surface area contributed by atoms with E-state index in [1.807, 2.05) is 0 Å². The molecule has 0 amide bonds. The van der Waals surface area contributed by atoms with Gasteiger partial charge in [-0.2, -0.15) is 0 Å². The predicted molar refractivity (Wildman–Crippen MR) is 53.8 cm³/mol. The first-order valence-electron chi connectivity index (χ1n) is 4.89. The quantitative estimate of drug-likeness (QED) is 0.252. The number of carbonyl (C=O) groups excluding carboxylic acids is 2. The van der Waals surface area contributed by atoms with E-state index in [-0.39, 0.29) is 52.9 Å². The van der Waals surface area contributed by atoms with E-state index in [1.165, 1.54) is 12.1 Å². The van der Waals surface area contributed by atoms with Gasteiger partial charge in [-0.15, -0.1) is 0 Å². The molecule has 0 saturated carbocycles. The molecule has 1 aliphatic carbocycles. The van der Waals surface area contributed by atoms with E-state index in [9.17, 15) is 14.7 Å². The van der Waals surface area contributed by atoms with Crippen molar-refractivity contribution in [3.63, 3.8) is 0 Å². The number of ketones is 2. The zero-order valence-corrected chi connectivity index (χ0v) is 11.6. The average molecular weight is 240 g/mol. The fraction of sp³-hybridized carbons (Fsp3) is 0.167. The summed E-state index contributed by atoms with van der Waals surface area (Å²) in [5.41, 5.74) is 0.161. The van der Waals surface area contributed by atoms with Crippen LogP contribution in [0.4, 0.5) is 0 Å². The van der Waals surface area contributed by atoms with Crippen LogP contribution in [0.15, 0.2) is 35.8 Å². The first-order valence-corrected chi connectivity index (χ1v) is 4.89. The van der Waals surface area contributed by atoms with Gasteiger partial charge in [-0.05, 0) is 6.61 Å². The van der Waals surface area contributed by atoms with E-state index >= 15 is 0 Å². The Bertz CT molecular complexity index is 468. The molecule has 0 atom stereocenters. The Morgan fingerprint density at radius 1 is 1.18 bits per heavy atom. The number of ether oxygens (including phenoxy) is 1. The van der Waals surface area contributed by atoms with E-state index in [4.69, 9.17) is 0 Å². The fourth-order valence-electron chi connectivity index (χ4n) is 1.64. The third-order valence-corrected chi connectivity index (χ3v) is 2.35. The minimum absolute atomic E-state index is 0. The van der Waals surface area contributed by atoms with Crippen molar-refractivity contribution in [3.05, 3.63) is 46.9 Å². The molecule has 17 heavy (non-hydrogen) atoms. The summed E-state index contributed by atoms with van der Waals surface area (Å²) in [5, 5.41) is 11.4. The van der Waals surface area contributed by atoms with Gasteiger partial charge in [-0.1, -0.05) is 31.2 Å². The first-order chi connectivity index (χ1) is 7.66. The van der Waals surface area contributed by atoms with Crippen molar-refractivity contribution in [2.45, 2.75) is 6.92 Å². The summed E-state index contributed by atoms with van der Waals surface area (Å²) in [6.45, 7) is 1.76. The average Bonchev–Trinajstić information content (AvgIpc) is 2.53. The minimum Gasteiger partial charge on any atom is -0.613 e. The smallest absolute Gasteiger partial charge is 0.613 e. The van der Waals surface area contributed by atoms with Gasteiger partial charge in [0.1, 0.15) is 0 Å². The standard InChI is InChI=1S/C12H10O4.Na/c1-2-16-12(15)9-10(13)7-5-3-4-6-8(7)11(9)14;/h3-6,15H,2H2,1H3;/q;+1/p-1. The van der Waals surface area contributed by atoms with Gasteiger partial charge in [-0.25, -0.2) is 0 Å². The maximum Gasteiger partial charge on any atom is 1.00 e. The fourth-order valence-corrected chi connectivity index (χ4v) is 1.64. The molecule has 2 rings (SSSR count). The number of allylic oxidation sites excluding steroid dienone is 1. The maximum absolute atomic E-state index is 11.8. The van der Waals surface area contributed by atoms with E-state index in [1.54, 1.807) is 19.1 Å². The molecule has 0 unspecified atom stereocenters. The van der Waals surface area contributed by atoms with Gasteiger partial charge in [0, 0.05) is 11.1 Å². The van der Waals surface area contributed by atoms with Crippen molar-refractivity contribution in [1.29, 1.82) is 0 Å². The van der Waals surface area contributed by atoms with E-state index in [2.05, 4.69) is 4.74 Å². The van der Waals surface area contributed by atoms with Gasteiger partial charge in [-0.3, -0.25) is 9.59 Å². The predicted octanol–water partition coefficient (Wildman–Crippen LogP) is -2.32. The molecule has 0 saturated heterocycles. The molecule has 1 aromatic carbocycles. The van der Waals surface area contributed by atoms with Crippen LogP contribution in [0.3, 0.4) is 0 Å². The summed E-state index contributed by atoms with van der Waals surface area (Å²) in [5.74, 6) is -1.92. The summed E-state index contributed by atoms with van der Waals surface area (Å²) >= 11 is 0. The van der Waals surface area contributed by atoms with Gasteiger partial charge < -0.3 is 9.84 Å². The summed E-state index contributed by atoms with van der Waals surface area (Å²) in [6.07, 6.45) is 0. The molecular weight excluding hydrogens is 231 g/mol. The van der Waals surface area contributed by atoms with Gasteiger partial charge in [0.2, 0.25) is 0 Å². The SMILES string of the molecule is CCOC([O-])=C1C(=O)c2ccccc2C1=O.[Na+]. The molecule has 0 heterocycles. The minimum atomic E-state index is -0.839. The van der Waals surface area contributed by atoms with Gasteiger partial charge in [0.25, 0.3) is 0 Å². The zero-order chi connectivity index (χ0) is 11.7. The van der Waals surface area contributed by atoms with Crippen LogP contribution in [0.25, 0.3) is 0 Å². The zero-order valence-electron chi connectivity index (χ0n) is 9.65. The molecule has 5 heteroatoms. The monoisotopic (exact) mass is 240 g/mol. The molecule has 4 nitrogen and oxygen atoms in total. The van der Waals surface area contributed by atoms with Gasteiger partial charge in [0.15, 0.2) is 11.6 Å². The summed E-state index contributed by atoms with van der Waals surface area (Å²) in [7, 11) is 0. The molecule has 1 aromatic rings. The number of carbonyl (C=O) groups is 2. The van der Waals surface area contributed by atoms with Crippen LogP contribution < -0.4 is 34.7 Å². The number of fused-ring (bicyclic) bond motifs is 1. The van der Waals surface area contributed by atoms with Crippen molar-refractivity contribution >= 4 is 11.6 Å². The summed E-state index contributed by atoms with van der Waals surface area (Å²) in [6, 6.07) is 6.36. The third kappa shape index (κ3) is 2.29. The Morgan fingerprint density at radius 3 is 2.06 bits per heavy atom. The van der Waals surface area contributed by atoms with Crippen molar-refractivity contribution < 1.29 is 49.0 Å². The second-order valence-corrected chi connectivity index (χ2v) is 3.30. The second-order valence-electron chi connectivity index (χ2n) is 3.30. The number of hydrogen-bond acceptors (Lipinski definition) is 4. The second kappa shape index (κ2) is 5.49. The molecule has 0 fully saturated rings. The molecule has 1 aliphatic rings. The summed E-state index contributed by atoms with van der Waals surface area (Å²) in [4.78, 5) is 23.5. The van der Waals surface area contributed by atoms with Crippen LogP contribution in [0.2, 0.25) is 0 Å². The number of rotatable bonds is 2. The Morgan fingerprint density at radius 2 is 1.65 bits per heavy atom. The van der Waals surface area contributed by atoms with Crippen molar-refractivity contribution in [2.24, 2.45) is 0 Å². The number of hydrogen-bond donors (Lipinski definition) is 0. The van der Waals surface area contributed by atoms with Crippen molar-refractivity contribution in [1.82, 2.24) is 0 Å². The molecule has 0 spiro atoms. The van der Waals surface area contributed by atoms with Crippen LogP contribution in [0, 0.1) is 0 Å². The summed E-state index contributed by atoms with van der Waals surface area (Å²) < 4.78 is 4.68. The Kier molecular flexibility index (Phi) is 4.51. The topological polar surface area (TPSA) is 66.4 Å². The molecule has 0 bridgehead atoms. The number of Topliss-reactive ketones (excluding diaryl/α,β-unsaturated/α-hetero) is 2. The first kappa shape index (κ1) is 14.0. The van der Waals surface area contributed by atoms with Crippen LogP contribution >= 0.6 is 0 Å². The Labute approximate surface area is 121 Å². The van der Waals surface area contributed by atoms with Crippen LogP contribution in [-0.4, -0.2) is 18.2 Å². The Hall–Kier alpha value is -1.10. The van der Waals surface area contributed by atoms with Crippen molar-refractivity contribution in [2.75, 3.05) is 6.61 Å². The van der Waals surface area contributed by atoms with E-state index < -0.39 is 17.5 Å². The van der Waals surface area contributed by atoms with Gasteiger partial charge >= 0.3 is 29.6 Å². The maximum atomic E-state index is 11.8. The molecule has 0 radical (unpaired) electrons. The third-order valence-electron chi connectivity index (χ3n) is 2.35. The molecule has 0 N–H and O–H groups in total. The Balaban J connectivity index is 0.00000144. The van der Waals surface area contributed by atoms with Crippen LogP contribution in [-0.2, 0) is 4.74 Å². The van der Waals surface area contributed by atoms with E-state index in [0.29, 0.717) is 0 Å². The van der Waals surface area contributed by atoms with Crippen LogP contribution in [0.1, 0.15) is 27.6 Å². The molecule has 82 valence electrons. The normalized spacial score (nSPS) is 13.1. The molecular formula is C12H9NaO4. The van der Waals surface area contributed by atoms with Crippen LogP contribution in [0.5, 0.6) is 0 Å². The molecule has 0 aliphatic heterocycles. The van der Waals surface area contributed by atoms with Gasteiger partial charge in [0.05, 0.1) is 11.5 Å².